The lowest BCUT2D eigenvalue weighted by molar-refractivity contribution is -0.118. The Balaban J connectivity index is 1.55. The number of aromatic nitrogens is 2. The largest absolute Gasteiger partial charge is 0.341 e. The molecule has 0 aliphatic carbocycles. The Morgan fingerprint density at radius 2 is 1.79 bits per heavy atom. The van der Waals surface area contributed by atoms with E-state index in [9.17, 15) is 14.0 Å². The molecule has 2 heterocycles. The summed E-state index contributed by atoms with van der Waals surface area (Å²) in [7, 11) is 0. The number of hydrogen-bond donors (Lipinski definition) is 2. The Morgan fingerprint density at radius 3 is 2.52 bits per heavy atom. The van der Waals surface area contributed by atoms with E-state index < -0.39 is 23.7 Å². The summed E-state index contributed by atoms with van der Waals surface area (Å²) in [5, 5.41) is 5.30. The number of rotatable bonds is 6. The fraction of sp³-hybridized carbons (Fsp3) is 0.250. The van der Waals surface area contributed by atoms with Crippen molar-refractivity contribution in [3.63, 3.8) is 0 Å². The average molecular weight is 512 g/mol. The third-order valence-electron chi connectivity index (χ3n) is 5.37. The molecule has 1 aromatic heterocycles. The van der Waals surface area contributed by atoms with Gasteiger partial charge in [0.2, 0.25) is 5.95 Å². The van der Waals surface area contributed by atoms with Crippen LogP contribution in [0.25, 0.3) is 0 Å². The van der Waals surface area contributed by atoms with E-state index in [-0.39, 0.29) is 11.4 Å². The van der Waals surface area contributed by atoms with Crippen LogP contribution in [0.2, 0.25) is 0 Å². The van der Waals surface area contributed by atoms with Crippen LogP contribution in [-0.4, -0.2) is 34.9 Å². The fourth-order valence-electron chi connectivity index (χ4n) is 3.67. The number of anilines is 2. The third kappa shape index (κ3) is 5.73. The number of benzene rings is 2. The zero-order valence-corrected chi connectivity index (χ0v) is 19.4. The summed E-state index contributed by atoms with van der Waals surface area (Å²) >= 11 is 3.20. The Hall–Kier alpha value is -3.33. The number of hydrogen-bond acceptors (Lipinski definition) is 5. The van der Waals surface area contributed by atoms with Crippen LogP contribution in [-0.2, 0) is 4.79 Å². The highest BCUT2D eigenvalue weighted by Crippen LogP contribution is 2.22. The maximum atomic E-state index is 14.3. The van der Waals surface area contributed by atoms with E-state index in [0.29, 0.717) is 16.0 Å². The Morgan fingerprint density at radius 1 is 1.03 bits per heavy atom. The highest BCUT2D eigenvalue weighted by molar-refractivity contribution is 9.10. The topological polar surface area (TPSA) is 87.2 Å². The van der Waals surface area contributed by atoms with Gasteiger partial charge < -0.3 is 15.5 Å². The Labute approximate surface area is 199 Å². The molecule has 1 fully saturated rings. The minimum absolute atomic E-state index is 0.0211. The maximum absolute atomic E-state index is 14.3. The smallest absolute Gasteiger partial charge is 0.270 e. The Kier molecular flexibility index (Phi) is 7.29. The molecule has 9 heteroatoms. The van der Waals surface area contributed by atoms with Gasteiger partial charge in [-0.25, -0.2) is 14.4 Å². The number of nitrogens with one attached hydrogen (secondary N) is 2. The molecule has 2 aromatic carbocycles. The first-order chi connectivity index (χ1) is 16.0. The van der Waals surface area contributed by atoms with Crippen molar-refractivity contribution < 1.29 is 14.0 Å². The van der Waals surface area contributed by atoms with Crippen molar-refractivity contribution in [2.24, 2.45) is 0 Å². The minimum atomic E-state index is -1.05. The van der Waals surface area contributed by atoms with E-state index in [4.69, 9.17) is 0 Å². The average Bonchev–Trinajstić information content (AvgIpc) is 2.85. The van der Waals surface area contributed by atoms with Crippen LogP contribution in [0.1, 0.15) is 41.4 Å². The molecule has 170 valence electrons. The van der Waals surface area contributed by atoms with Gasteiger partial charge in [0, 0.05) is 23.8 Å². The molecule has 1 unspecified atom stereocenters. The second kappa shape index (κ2) is 10.5. The first-order valence-corrected chi connectivity index (χ1v) is 11.5. The van der Waals surface area contributed by atoms with E-state index >= 15 is 0 Å². The molecule has 1 aliphatic rings. The van der Waals surface area contributed by atoms with Crippen molar-refractivity contribution in [2.45, 2.75) is 25.3 Å². The number of nitrogens with zero attached hydrogens (tertiary/aromatic N) is 3. The standard InChI is InChI=1S/C24H23BrFN5O2/c25-17-9-10-19(18(26)15-17)28-23(33)21(16-7-3-1-4-8-16)30-22(32)20-11-12-27-24(29-20)31-13-5-2-6-14-31/h1,3-4,7-12,15,21H,2,5-6,13-14H2,(H,28,33)(H,30,32). The lowest BCUT2D eigenvalue weighted by atomic mass is 10.1. The molecule has 0 radical (unpaired) electrons. The summed E-state index contributed by atoms with van der Waals surface area (Å²) in [4.78, 5) is 36.9. The van der Waals surface area contributed by atoms with E-state index in [0.717, 1.165) is 25.9 Å². The second-order valence-electron chi connectivity index (χ2n) is 7.72. The van der Waals surface area contributed by atoms with Crippen LogP contribution < -0.4 is 15.5 Å². The van der Waals surface area contributed by atoms with E-state index in [1.54, 1.807) is 36.5 Å². The van der Waals surface area contributed by atoms with Crippen molar-refractivity contribution >= 4 is 39.4 Å². The summed E-state index contributed by atoms with van der Waals surface area (Å²) < 4.78 is 14.8. The van der Waals surface area contributed by atoms with Gasteiger partial charge in [-0.1, -0.05) is 46.3 Å². The van der Waals surface area contributed by atoms with Crippen molar-refractivity contribution in [3.8, 4) is 0 Å². The van der Waals surface area contributed by atoms with Crippen molar-refractivity contribution in [3.05, 3.63) is 82.3 Å². The molecule has 4 rings (SSSR count). The number of carbonyl (C=O) groups excluding carboxylic acids is 2. The zero-order chi connectivity index (χ0) is 23.2. The van der Waals surface area contributed by atoms with Crippen LogP contribution in [0, 0.1) is 5.82 Å². The predicted octanol–water partition coefficient (Wildman–Crippen LogP) is 4.48. The number of carbonyl (C=O) groups is 2. The Bertz CT molecular complexity index is 1140. The van der Waals surface area contributed by atoms with Crippen molar-refractivity contribution in [1.82, 2.24) is 15.3 Å². The highest BCUT2D eigenvalue weighted by Gasteiger charge is 2.25. The lowest BCUT2D eigenvalue weighted by Gasteiger charge is -2.26. The summed E-state index contributed by atoms with van der Waals surface area (Å²) in [5.41, 5.74) is 0.744. The van der Waals surface area contributed by atoms with E-state index in [1.165, 1.54) is 24.6 Å². The van der Waals surface area contributed by atoms with Gasteiger partial charge in [0.25, 0.3) is 11.8 Å². The van der Waals surface area contributed by atoms with Gasteiger partial charge in [0.05, 0.1) is 5.69 Å². The molecule has 1 atom stereocenters. The van der Waals surface area contributed by atoms with Gasteiger partial charge in [0.1, 0.15) is 17.6 Å². The van der Waals surface area contributed by atoms with Crippen LogP contribution >= 0.6 is 15.9 Å². The normalized spacial score (nSPS) is 14.4. The predicted molar refractivity (Wildman–Crippen MR) is 127 cm³/mol. The molecule has 2 N–H and O–H groups in total. The van der Waals surface area contributed by atoms with Crippen molar-refractivity contribution in [1.29, 1.82) is 0 Å². The van der Waals surface area contributed by atoms with Crippen molar-refractivity contribution in [2.75, 3.05) is 23.3 Å². The van der Waals surface area contributed by atoms with Gasteiger partial charge in [-0.2, -0.15) is 0 Å². The molecule has 1 aliphatic heterocycles. The molecule has 2 amide bonds. The van der Waals surface area contributed by atoms with Gasteiger partial charge in [-0.05, 0) is 49.1 Å². The van der Waals surface area contributed by atoms with Gasteiger partial charge in [-0.15, -0.1) is 0 Å². The van der Waals surface area contributed by atoms with Gasteiger partial charge >= 0.3 is 0 Å². The molecule has 3 aromatic rings. The number of piperidine rings is 1. The molecule has 0 bridgehead atoms. The van der Waals surface area contributed by atoms with Crippen LogP contribution in [0.15, 0.2) is 65.3 Å². The monoisotopic (exact) mass is 511 g/mol. The summed E-state index contributed by atoms with van der Waals surface area (Å²) in [5.74, 6) is -1.17. The summed E-state index contributed by atoms with van der Waals surface area (Å²) in [6.07, 6.45) is 4.83. The quantitative estimate of drug-likeness (QED) is 0.509. The minimum Gasteiger partial charge on any atom is -0.341 e. The first-order valence-electron chi connectivity index (χ1n) is 10.7. The third-order valence-corrected chi connectivity index (χ3v) is 5.87. The number of amides is 2. The van der Waals surface area contributed by atoms with E-state index in [2.05, 4.69) is 41.4 Å². The summed E-state index contributed by atoms with van der Waals surface area (Å²) in [6.45, 7) is 1.69. The van der Waals surface area contributed by atoms with Crippen LogP contribution in [0.4, 0.5) is 16.0 Å². The first kappa shape index (κ1) is 22.8. The molecule has 0 spiro atoms. The fourth-order valence-corrected chi connectivity index (χ4v) is 4.00. The molecule has 1 saturated heterocycles. The molecule has 33 heavy (non-hydrogen) atoms. The second-order valence-corrected chi connectivity index (χ2v) is 8.64. The van der Waals surface area contributed by atoms with E-state index in [1.807, 2.05) is 6.07 Å². The number of halogens is 2. The van der Waals surface area contributed by atoms with Gasteiger partial charge in [0.15, 0.2) is 0 Å². The molecular formula is C24H23BrFN5O2. The SMILES string of the molecule is O=C(NC(C(=O)Nc1ccc(Br)cc1F)c1ccccc1)c1ccnc(N2CCCCC2)n1. The highest BCUT2D eigenvalue weighted by atomic mass is 79.9. The molecule has 7 nitrogen and oxygen atoms in total. The molecule has 0 saturated carbocycles. The van der Waals surface area contributed by atoms with Crippen LogP contribution in [0.5, 0.6) is 0 Å². The van der Waals surface area contributed by atoms with Gasteiger partial charge in [-0.3, -0.25) is 9.59 Å². The lowest BCUT2D eigenvalue weighted by Crippen LogP contribution is -2.38. The van der Waals surface area contributed by atoms with Crippen LogP contribution in [0.3, 0.4) is 0 Å². The zero-order valence-electron chi connectivity index (χ0n) is 17.8. The summed E-state index contributed by atoms with van der Waals surface area (Å²) in [6, 6.07) is 13.6. The molecular weight excluding hydrogens is 489 g/mol. The maximum Gasteiger partial charge on any atom is 0.270 e.